The SMILES string of the molecule is CC(C)(COc1nn2ncnc2cc1Br)CS(N)(=O)=O. The molecule has 0 bridgehead atoms. The van der Waals surface area contributed by atoms with Gasteiger partial charge in [-0.2, -0.15) is 0 Å². The van der Waals surface area contributed by atoms with Crippen LogP contribution in [-0.4, -0.2) is 40.6 Å². The molecule has 0 fully saturated rings. The molecule has 2 rings (SSSR count). The Bertz CT molecular complexity index is 728. The molecular weight excluding hydrogens is 350 g/mol. The van der Waals surface area contributed by atoms with Gasteiger partial charge in [0.15, 0.2) is 5.65 Å². The van der Waals surface area contributed by atoms with E-state index in [4.69, 9.17) is 9.88 Å². The van der Waals surface area contributed by atoms with Crippen LogP contribution < -0.4 is 9.88 Å². The molecule has 0 spiro atoms. The fourth-order valence-corrected chi connectivity index (χ4v) is 3.24. The van der Waals surface area contributed by atoms with E-state index in [1.54, 1.807) is 19.9 Å². The summed E-state index contributed by atoms with van der Waals surface area (Å²) in [6.45, 7) is 3.65. The average Bonchev–Trinajstić information content (AvgIpc) is 2.69. The highest BCUT2D eigenvalue weighted by atomic mass is 79.9. The Labute approximate surface area is 124 Å². The largest absolute Gasteiger partial charge is 0.475 e. The van der Waals surface area contributed by atoms with Gasteiger partial charge in [-0.15, -0.1) is 14.8 Å². The summed E-state index contributed by atoms with van der Waals surface area (Å²) in [7, 11) is -3.56. The molecule has 10 heteroatoms. The maximum absolute atomic E-state index is 11.1. The zero-order chi connectivity index (χ0) is 15.0. The molecule has 2 aromatic heterocycles. The Morgan fingerprint density at radius 3 is 2.85 bits per heavy atom. The lowest BCUT2D eigenvalue weighted by atomic mass is 9.98. The number of sulfonamides is 1. The van der Waals surface area contributed by atoms with Crippen LogP contribution >= 0.6 is 15.9 Å². The van der Waals surface area contributed by atoms with Crippen molar-refractivity contribution in [1.29, 1.82) is 0 Å². The lowest BCUT2D eigenvalue weighted by Gasteiger charge is -2.23. The number of aromatic nitrogens is 4. The second-order valence-corrected chi connectivity index (χ2v) is 7.63. The molecule has 0 aliphatic rings. The Hall–Kier alpha value is -1.26. The van der Waals surface area contributed by atoms with E-state index in [9.17, 15) is 8.42 Å². The molecule has 0 atom stereocenters. The van der Waals surface area contributed by atoms with Crippen LogP contribution in [0.4, 0.5) is 0 Å². The summed E-state index contributed by atoms with van der Waals surface area (Å²) in [4.78, 5) is 3.99. The van der Waals surface area contributed by atoms with Crippen molar-refractivity contribution in [2.75, 3.05) is 12.4 Å². The van der Waals surface area contributed by atoms with Crippen LogP contribution in [0.2, 0.25) is 0 Å². The number of hydrogen-bond acceptors (Lipinski definition) is 6. The van der Waals surface area contributed by atoms with Crippen molar-refractivity contribution < 1.29 is 13.2 Å². The summed E-state index contributed by atoms with van der Waals surface area (Å²) in [6, 6.07) is 1.71. The van der Waals surface area contributed by atoms with Gasteiger partial charge in [-0.25, -0.2) is 18.5 Å². The number of rotatable bonds is 5. The molecule has 20 heavy (non-hydrogen) atoms. The predicted molar refractivity (Wildman–Crippen MR) is 75.7 cm³/mol. The minimum absolute atomic E-state index is 0.148. The maximum Gasteiger partial charge on any atom is 0.248 e. The average molecular weight is 364 g/mol. The van der Waals surface area contributed by atoms with Gasteiger partial charge >= 0.3 is 0 Å². The van der Waals surface area contributed by atoms with Crippen LogP contribution in [-0.2, 0) is 10.0 Å². The molecule has 2 heterocycles. The standard InChI is InChI=1S/C10H14BrN5O3S/c1-10(2,5-20(12,17)18)4-19-9-7(11)3-8-13-6-14-16(8)15-9/h3,6H,4-5H2,1-2H3,(H2,12,17,18). The number of ether oxygens (including phenoxy) is 1. The van der Waals surface area contributed by atoms with Crippen LogP contribution in [0.1, 0.15) is 13.8 Å². The van der Waals surface area contributed by atoms with E-state index in [1.807, 2.05) is 0 Å². The molecule has 0 amide bonds. The van der Waals surface area contributed by atoms with Gasteiger partial charge in [-0.1, -0.05) is 13.8 Å². The van der Waals surface area contributed by atoms with Crippen molar-refractivity contribution in [3.8, 4) is 5.88 Å². The Morgan fingerprint density at radius 1 is 1.50 bits per heavy atom. The predicted octanol–water partition coefficient (Wildman–Crippen LogP) is 0.580. The van der Waals surface area contributed by atoms with E-state index in [1.165, 1.54) is 11.0 Å². The maximum atomic E-state index is 11.1. The molecule has 0 aliphatic heterocycles. The lowest BCUT2D eigenvalue weighted by molar-refractivity contribution is 0.189. The Kier molecular flexibility index (Phi) is 3.98. The van der Waals surface area contributed by atoms with Gasteiger partial charge in [-0.3, -0.25) is 0 Å². The molecule has 2 N–H and O–H groups in total. The first-order valence-corrected chi connectivity index (χ1v) is 8.17. The number of nitrogens with two attached hydrogens (primary N) is 1. The first kappa shape index (κ1) is 15.1. The molecule has 110 valence electrons. The minimum atomic E-state index is -3.56. The molecule has 0 saturated heterocycles. The fraction of sp³-hybridized carbons (Fsp3) is 0.500. The van der Waals surface area contributed by atoms with Gasteiger partial charge < -0.3 is 4.74 Å². The first-order chi connectivity index (χ1) is 9.16. The van der Waals surface area contributed by atoms with E-state index in [0.29, 0.717) is 16.0 Å². The van der Waals surface area contributed by atoms with Gasteiger partial charge in [0.1, 0.15) is 6.33 Å². The molecule has 0 saturated carbocycles. The van der Waals surface area contributed by atoms with E-state index in [2.05, 4.69) is 31.1 Å². The van der Waals surface area contributed by atoms with Gasteiger partial charge in [0.25, 0.3) is 0 Å². The summed E-state index contributed by atoms with van der Waals surface area (Å²) in [5, 5.41) is 13.1. The summed E-state index contributed by atoms with van der Waals surface area (Å²) < 4.78 is 29.8. The highest BCUT2D eigenvalue weighted by Crippen LogP contribution is 2.25. The molecule has 0 unspecified atom stereocenters. The molecule has 0 aliphatic carbocycles. The van der Waals surface area contributed by atoms with E-state index in [-0.39, 0.29) is 12.4 Å². The number of fused-ring (bicyclic) bond motifs is 1. The molecule has 0 aromatic carbocycles. The second kappa shape index (κ2) is 5.26. The van der Waals surface area contributed by atoms with E-state index < -0.39 is 15.4 Å². The highest BCUT2D eigenvalue weighted by Gasteiger charge is 2.25. The monoisotopic (exact) mass is 363 g/mol. The van der Waals surface area contributed by atoms with Crippen LogP contribution in [0.5, 0.6) is 5.88 Å². The molecule has 0 radical (unpaired) electrons. The van der Waals surface area contributed by atoms with Crippen molar-refractivity contribution in [3.05, 3.63) is 16.9 Å². The summed E-state index contributed by atoms with van der Waals surface area (Å²) >= 11 is 3.32. The Morgan fingerprint density at radius 2 is 2.20 bits per heavy atom. The minimum Gasteiger partial charge on any atom is -0.475 e. The van der Waals surface area contributed by atoms with Crippen molar-refractivity contribution in [2.24, 2.45) is 10.6 Å². The third kappa shape index (κ3) is 3.87. The van der Waals surface area contributed by atoms with Crippen molar-refractivity contribution in [3.63, 3.8) is 0 Å². The van der Waals surface area contributed by atoms with Gasteiger partial charge in [0.2, 0.25) is 15.9 Å². The van der Waals surface area contributed by atoms with Crippen molar-refractivity contribution >= 4 is 31.6 Å². The van der Waals surface area contributed by atoms with Gasteiger partial charge in [0, 0.05) is 11.5 Å². The zero-order valence-corrected chi connectivity index (χ0v) is 13.3. The molecule has 8 nitrogen and oxygen atoms in total. The Balaban J connectivity index is 2.14. The van der Waals surface area contributed by atoms with Crippen molar-refractivity contribution in [1.82, 2.24) is 19.8 Å². The highest BCUT2D eigenvalue weighted by molar-refractivity contribution is 9.10. The smallest absolute Gasteiger partial charge is 0.248 e. The van der Waals surface area contributed by atoms with Crippen LogP contribution in [0.3, 0.4) is 0 Å². The lowest BCUT2D eigenvalue weighted by Crippen LogP contribution is -2.33. The fourth-order valence-electron chi connectivity index (χ4n) is 1.67. The van der Waals surface area contributed by atoms with E-state index in [0.717, 1.165) is 0 Å². The van der Waals surface area contributed by atoms with E-state index >= 15 is 0 Å². The first-order valence-electron chi connectivity index (χ1n) is 5.66. The molecule has 2 aromatic rings. The zero-order valence-electron chi connectivity index (χ0n) is 10.9. The van der Waals surface area contributed by atoms with Crippen LogP contribution in [0.15, 0.2) is 16.9 Å². The summed E-state index contributed by atoms with van der Waals surface area (Å²) in [6.07, 6.45) is 1.38. The van der Waals surface area contributed by atoms with Crippen LogP contribution in [0, 0.1) is 5.41 Å². The van der Waals surface area contributed by atoms with Gasteiger partial charge in [0.05, 0.1) is 16.8 Å². The third-order valence-corrected chi connectivity index (χ3v) is 4.15. The number of halogens is 1. The third-order valence-electron chi connectivity index (χ3n) is 2.39. The normalized spacial score (nSPS) is 12.8. The van der Waals surface area contributed by atoms with Gasteiger partial charge in [-0.05, 0) is 15.9 Å². The summed E-state index contributed by atoms with van der Waals surface area (Å²) in [5.41, 5.74) is -0.0560. The number of primary sulfonamides is 1. The molecular formula is C10H14BrN5O3S. The quantitative estimate of drug-likeness (QED) is 0.831. The number of hydrogen-bond donors (Lipinski definition) is 1. The van der Waals surface area contributed by atoms with Crippen molar-refractivity contribution in [2.45, 2.75) is 13.8 Å². The van der Waals surface area contributed by atoms with Crippen LogP contribution in [0.25, 0.3) is 5.65 Å². The topological polar surface area (TPSA) is 112 Å². The second-order valence-electron chi connectivity index (χ2n) is 5.17. The summed E-state index contributed by atoms with van der Waals surface area (Å²) in [5.74, 6) is 0.133. The number of nitrogens with zero attached hydrogens (tertiary/aromatic N) is 4.